The standard InChI is InChI=1S/C11H15F3N4O/c1-18(5-4-11(12,13)14)10(19)9-7(15)8(16-17-9)6-2-3-6/h6H,2-5,15H2,1H3,(H,16,17). The van der Waals surface area contributed by atoms with Crippen molar-refractivity contribution < 1.29 is 18.0 Å². The van der Waals surface area contributed by atoms with Crippen molar-refractivity contribution in [3.05, 3.63) is 11.4 Å². The molecule has 1 aliphatic rings. The fourth-order valence-electron chi connectivity index (χ4n) is 1.79. The Morgan fingerprint density at radius 3 is 2.68 bits per heavy atom. The number of anilines is 1. The maximum atomic E-state index is 12.1. The fourth-order valence-corrected chi connectivity index (χ4v) is 1.79. The molecule has 1 fully saturated rings. The van der Waals surface area contributed by atoms with Crippen molar-refractivity contribution in [1.82, 2.24) is 15.1 Å². The van der Waals surface area contributed by atoms with Crippen molar-refractivity contribution in [2.45, 2.75) is 31.4 Å². The van der Waals surface area contributed by atoms with E-state index in [0.29, 0.717) is 11.6 Å². The molecule has 8 heteroatoms. The molecule has 0 spiro atoms. The zero-order valence-electron chi connectivity index (χ0n) is 10.4. The molecule has 0 unspecified atom stereocenters. The summed E-state index contributed by atoms with van der Waals surface area (Å²) in [6, 6.07) is 0. The Balaban J connectivity index is 2.02. The minimum absolute atomic E-state index is 0.00609. The zero-order chi connectivity index (χ0) is 14.2. The topological polar surface area (TPSA) is 75.0 Å². The summed E-state index contributed by atoms with van der Waals surface area (Å²) in [5.74, 6) is -0.292. The Morgan fingerprint density at radius 1 is 1.53 bits per heavy atom. The van der Waals surface area contributed by atoms with Crippen LogP contribution in [0.1, 0.15) is 41.4 Å². The smallest absolute Gasteiger partial charge is 0.390 e. The quantitative estimate of drug-likeness (QED) is 0.881. The van der Waals surface area contributed by atoms with E-state index in [1.54, 1.807) is 0 Å². The predicted octanol–water partition coefficient (Wildman–Crippen LogP) is 1.89. The summed E-state index contributed by atoms with van der Waals surface area (Å²) in [5.41, 5.74) is 6.78. The van der Waals surface area contributed by atoms with Crippen molar-refractivity contribution in [2.75, 3.05) is 19.3 Å². The number of nitrogens with zero attached hydrogens (tertiary/aromatic N) is 2. The molecule has 1 aromatic rings. The molecule has 3 N–H and O–H groups in total. The van der Waals surface area contributed by atoms with Crippen LogP contribution in [0.25, 0.3) is 0 Å². The number of alkyl halides is 3. The van der Waals surface area contributed by atoms with Crippen molar-refractivity contribution in [3.8, 4) is 0 Å². The van der Waals surface area contributed by atoms with Crippen molar-refractivity contribution >= 4 is 11.6 Å². The maximum absolute atomic E-state index is 12.1. The Labute approximate surface area is 108 Å². The van der Waals surface area contributed by atoms with Crippen molar-refractivity contribution in [1.29, 1.82) is 0 Å². The third kappa shape index (κ3) is 3.18. The van der Waals surface area contributed by atoms with Crippen molar-refractivity contribution in [3.63, 3.8) is 0 Å². The van der Waals surface area contributed by atoms with Gasteiger partial charge in [-0.15, -0.1) is 0 Å². The van der Waals surface area contributed by atoms with Crippen LogP contribution in [0.3, 0.4) is 0 Å². The minimum atomic E-state index is -4.29. The highest BCUT2D eigenvalue weighted by Crippen LogP contribution is 2.42. The Bertz CT molecular complexity index is 479. The summed E-state index contributed by atoms with van der Waals surface area (Å²) in [4.78, 5) is 12.9. The first-order chi connectivity index (χ1) is 8.79. The van der Waals surface area contributed by atoms with Gasteiger partial charge in [-0.2, -0.15) is 18.3 Å². The SMILES string of the molecule is CN(CCC(F)(F)F)C(=O)c1n[nH]c(C2CC2)c1N. The lowest BCUT2D eigenvalue weighted by molar-refractivity contribution is -0.136. The second-order valence-electron chi connectivity index (χ2n) is 4.77. The van der Waals surface area contributed by atoms with E-state index in [1.165, 1.54) is 7.05 Å². The number of rotatable bonds is 4. The molecule has 1 aromatic heterocycles. The molecule has 0 aliphatic heterocycles. The number of H-pyrrole nitrogens is 1. The number of carbonyl (C=O) groups excluding carboxylic acids is 1. The Hall–Kier alpha value is -1.73. The van der Waals surface area contributed by atoms with Gasteiger partial charge >= 0.3 is 6.18 Å². The molecule has 0 saturated heterocycles. The highest BCUT2D eigenvalue weighted by atomic mass is 19.4. The number of nitrogens with one attached hydrogen (secondary N) is 1. The molecular weight excluding hydrogens is 261 g/mol. The van der Waals surface area contributed by atoms with Gasteiger partial charge in [0.05, 0.1) is 17.8 Å². The third-order valence-electron chi connectivity index (χ3n) is 3.10. The van der Waals surface area contributed by atoms with E-state index in [0.717, 1.165) is 17.7 Å². The molecule has 106 valence electrons. The van der Waals surface area contributed by atoms with E-state index in [2.05, 4.69) is 10.2 Å². The molecule has 1 amide bonds. The number of aromatic amines is 1. The van der Waals surface area contributed by atoms with E-state index in [9.17, 15) is 18.0 Å². The van der Waals surface area contributed by atoms with Gasteiger partial charge in [-0.3, -0.25) is 9.89 Å². The largest absolute Gasteiger partial charge is 0.395 e. The first kappa shape index (κ1) is 13.7. The van der Waals surface area contributed by atoms with Crippen LogP contribution in [0.5, 0.6) is 0 Å². The second kappa shape index (κ2) is 4.75. The highest BCUT2D eigenvalue weighted by Gasteiger charge is 2.32. The van der Waals surface area contributed by atoms with Gasteiger partial charge in [0.15, 0.2) is 5.69 Å². The van der Waals surface area contributed by atoms with E-state index >= 15 is 0 Å². The van der Waals surface area contributed by atoms with Gasteiger partial charge in [-0.05, 0) is 12.8 Å². The predicted molar refractivity (Wildman–Crippen MR) is 62.6 cm³/mol. The van der Waals surface area contributed by atoms with Crippen LogP contribution in [-0.2, 0) is 0 Å². The molecule has 1 heterocycles. The molecule has 0 aromatic carbocycles. The van der Waals surface area contributed by atoms with Crippen molar-refractivity contribution in [2.24, 2.45) is 0 Å². The number of nitrogens with two attached hydrogens (primary N) is 1. The molecule has 19 heavy (non-hydrogen) atoms. The molecule has 0 atom stereocenters. The number of nitrogen functional groups attached to an aromatic ring is 1. The average molecular weight is 276 g/mol. The normalized spacial score (nSPS) is 15.6. The maximum Gasteiger partial charge on any atom is 0.390 e. The summed E-state index contributed by atoms with van der Waals surface area (Å²) in [6.07, 6.45) is -3.35. The van der Waals surface area contributed by atoms with Crippen LogP contribution in [0, 0.1) is 0 Å². The summed E-state index contributed by atoms with van der Waals surface area (Å²) in [6.45, 7) is -0.409. The summed E-state index contributed by atoms with van der Waals surface area (Å²) >= 11 is 0. The van der Waals surface area contributed by atoms with Crippen LogP contribution >= 0.6 is 0 Å². The van der Waals surface area contributed by atoms with Gasteiger partial charge in [-0.25, -0.2) is 0 Å². The molecule has 5 nitrogen and oxygen atoms in total. The summed E-state index contributed by atoms with van der Waals surface area (Å²) < 4.78 is 36.3. The van der Waals surface area contributed by atoms with Gasteiger partial charge in [0, 0.05) is 19.5 Å². The number of aromatic nitrogens is 2. The Morgan fingerprint density at radius 2 is 2.16 bits per heavy atom. The van der Waals surface area contributed by atoms with Gasteiger partial charge in [0.2, 0.25) is 0 Å². The van der Waals surface area contributed by atoms with Gasteiger partial charge in [-0.1, -0.05) is 0 Å². The Kier molecular flexibility index (Phi) is 3.42. The van der Waals surface area contributed by atoms with Crippen LogP contribution in [0.4, 0.5) is 18.9 Å². The number of hydrogen-bond donors (Lipinski definition) is 2. The fraction of sp³-hybridized carbons (Fsp3) is 0.636. The molecule has 0 bridgehead atoms. The van der Waals surface area contributed by atoms with E-state index in [-0.39, 0.29) is 11.4 Å². The minimum Gasteiger partial charge on any atom is -0.395 e. The molecular formula is C11H15F3N4O. The molecule has 1 saturated carbocycles. The monoisotopic (exact) mass is 276 g/mol. The van der Waals surface area contributed by atoms with Gasteiger partial charge < -0.3 is 10.6 Å². The lowest BCUT2D eigenvalue weighted by Crippen LogP contribution is -2.31. The molecule has 2 rings (SSSR count). The summed E-state index contributed by atoms with van der Waals surface area (Å²) in [5, 5.41) is 6.52. The number of halogens is 3. The first-order valence-electron chi connectivity index (χ1n) is 5.95. The number of carbonyl (C=O) groups is 1. The zero-order valence-corrected chi connectivity index (χ0v) is 10.4. The number of amides is 1. The van der Waals surface area contributed by atoms with Crippen LogP contribution in [0.15, 0.2) is 0 Å². The highest BCUT2D eigenvalue weighted by molar-refractivity contribution is 5.97. The van der Waals surface area contributed by atoms with Gasteiger partial charge in [0.25, 0.3) is 5.91 Å². The van der Waals surface area contributed by atoms with E-state index in [4.69, 9.17) is 5.73 Å². The average Bonchev–Trinajstić information content (AvgIpc) is 3.08. The third-order valence-corrected chi connectivity index (χ3v) is 3.10. The lowest BCUT2D eigenvalue weighted by Gasteiger charge is -2.17. The van der Waals surface area contributed by atoms with E-state index in [1.807, 2.05) is 0 Å². The molecule has 0 radical (unpaired) electrons. The molecule has 1 aliphatic carbocycles. The van der Waals surface area contributed by atoms with Gasteiger partial charge in [0.1, 0.15) is 0 Å². The number of hydrogen-bond acceptors (Lipinski definition) is 3. The summed E-state index contributed by atoms with van der Waals surface area (Å²) in [7, 11) is 1.30. The second-order valence-corrected chi connectivity index (χ2v) is 4.77. The van der Waals surface area contributed by atoms with Crippen LogP contribution in [0.2, 0.25) is 0 Å². The van der Waals surface area contributed by atoms with E-state index < -0.39 is 25.0 Å². The van der Waals surface area contributed by atoms with Crippen LogP contribution in [-0.4, -0.2) is 40.8 Å². The first-order valence-corrected chi connectivity index (χ1v) is 5.95. The van der Waals surface area contributed by atoms with Crippen LogP contribution < -0.4 is 5.73 Å². The lowest BCUT2D eigenvalue weighted by atomic mass is 10.2.